The van der Waals surface area contributed by atoms with Gasteiger partial charge in [-0.05, 0) is 35.9 Å². The maximum atomic E-state index is 10.7. The molecule has 6 heteroatoms. The fourth-order valence-electron chi connectivity index (χ4n) is 1.02. The second-order valence-corrected chi connectivity index (χ2v) is 3.48. The zero-order chi connectivity index (χ0) is 10.8. The lowest BCUT2D eigenvalue weighted by Crippen LogP contribution is -1.87. The Hall–Kier alpha value is -1.39. The van der Waals surface area contributed by atoms with Gasteiger partial charge in [-0.3, -0.25) is 4.79 Å². The summed E-state index contributed by atoms with van der Waals surface area (Å²) in [6.07, 6.45) is 0. The number of hydrogen-bond acceptors (Lipinski definition) is 4. The van der Waals surface area contributed by atoms with Crippen LogP contribution in [0.1, 0.15) is 10.7 Å². The van der Waals surface area contributed by atoms with Gasteiger partial charge >= 0.3 is 11.1 Å². The monoisotopic (exact) mass is 242 g/mol. The maximum Gasteiger partial charge on any atom is 0.310 e. The van der Waals surface area contributed by atoms with Crippen molar-refractivity contribution in [3.63, 3.8) is 0 Å². The van der Waals surface area contributed by atoms with E-state index in [0.29, 0.717) is 16.4 Å². The molecule has 4 nitrogen and oxygen atoms in total. The molecule has 0 saturated carbocycles. The number of halogens is 2. The molecule has 1 aromatic heterocycles. The van der Waals surface area contributed by atoms with Crippen molar-refractivity contribution in [3.05, 3.63) is 35.2 Å². The molecular formula is C9H4Cl2N2O2. The van der Waals surface area contributed by atoms with Crippen molar-refractivity contribution in [2.24, 2.45) is 0 Å². The van der Waals surface area contributed by atoms with Crippen molar-refractivity contribution in [2.75, 3.05) is 0 Å². The smallest absolute Gasteiger partial charge is 0.310 e. The van der Waals surface area contributed by atoms with E-state index < -0.39 is 5.24 Å². The summed E-state index contributed by atoms with van der Waals surface area (Å²) in [5.41, 5.74) is 0.701. The number of hydrogen-bond donors (Lipinski definition) is 0. The lowest BCUT2D eigenvalue weighted by molar-refractivity contribution is 0.104. The Labute approximate surface area is 94.8 Å². The Kier molecular flexibility index (Phi) is 2.70. The molecule has 1 heterocycles. The number of nitrogens with zero attached hydrogens (tertiary/aromatic N) is 2. The summed E-state index contributed by atoms with van der Waals surface area (Å²) >= 11 is 10.9. The van der Waals surface area contributed by atoms with E-state index in [4.69, 9.17) is 23.2 Å². The highest BCUT2D eigenvalue weighted by atomic mass is 35.5. The van der Waals surface area contributed by atoms with Crippen molar-refractivity contribution in [1.82, 2.24) is 10.1 Å². The molecule has 15 heavy (non-hydrogen) atoms. The summed E-state index contributed by atoms with van der Waals surface area (Å²) in [5, 5.41) is 3.43. The van der Waals surface area contributed by atoms with Crippen LogP contribution in [0, 0.1) is 0 Å². The number of benzene rings is 1. The summed E-state index contributed by atoms with van der Waals surface area (Å²) in [5.74, 6) is 0.0808. The van der Waals surface area contributed by atoms with Crippen LogP contribution >= 0.6 is 23.2 Å². The van der Waals surface area contributed by atoms with E-state index in [9.17, 15) is 4.79 Å². The van der Waals surface area contributed by atoms with Gasteiger partial charge in [0, 0.05) is 10.6 Å². The fourth-order valence-corrected chi connectivity index (χ4v) is 1.22. The van der Waals surface area contributed by atoms with E-state index >= 15 is 0 Å². The van der Waals surface area contributed by atoms with Crippen molar-refractivity contribution in [2.45, 2.75) is 0 Å². The molecule has 0 radical (unpaired) electrons. The lowest BCUT2D eigenvalue weighted by atomic mass is 10.2. The molecule has 2 aromatic rings. The third-order valence-electron chi connectivity index (χ3n) is 1.70. The summed E-state index contributed by atoms with van der Waals surface area (Å²) in [7, 11) is 0. The van der Waals surface area contributed by atoms with Crippen LogP contribution in [0.15, 0.2) is 28.8 Å². The Morgan fingerprint density at radius 3 is 2.47 bits per heavy atom. The van der Waals surface area contributed by atoms with Crippen LogP contribution in [-0.2, 0) is 0 Å². The van der Waals surface area contributed by atoms with Gasteiger partial charge in [0.1, 0.15) is 0 Å². The first-order chi connectivity index (χ1) is 7.16. The largest absolute Gasteiger partial charge is 0.329 e. The number of aromatic nitrogens is 2. The molecule has 0 aliphatic heterocycles. The van der Waals surface area contributed by atoms with E-state index in [0.717, 1.165) is 0 Å². The van der Waals surface area contributed by atoms with Gasteiger partial charge in [-0.2, -0.15) is 4.98 Å². The van der Waals surface area contributed by atoms with Crippen LogP contribution in [0.25, 0.3) is 11.4 Å². The molecule has 1 aromatic carbocycles. The minimum atomic E-state index is -0.775. The van der Waals surface area contributed by atoms with Gasteiger partial charge in [0.2, 0.25) is 5.82 Å². The molecule has 0 bridgehead atoms. The molecule has 0 aliphatic rings. The second-order valence-electron chi connectivity index (χ2n) is 2.70. The highest BCUT2D eigenvalue weighted by Gasteiger charge is 2.13. The van der Waals surface area contributed by atoms with Gasteiger partial charge < -0.3 is 4.52 Å². The third kappa shape index (κ3) is 2.16. The normalized spacial score (nSPS) is 10.3. The standard InChI is InChI=1S/C9H4Cl2N2O2/c10-6-3-1-5(2-4-6)8-12-9(7(11)14)15-13-8/h1-4H. The maximum absolute atomic E-state index is 10.7. The van der Waals surface area contributed by atoms with Crippen LogP contribution < -0.4 is 0 Å². The molecule has 0 unspecified atom stereocenters. The molecule has 0 amide bonds. The molecular weight excluding hydrogens is 239 g/mol. The highest BCUT2D eigenvalue weighted by molar-refractivity contribution is 6.67. The fraction of sp³-hybridized carbons (Fsp3) is 0. The predicted molar refractivity (Wildman–Crippen MR) is 54.9 cm³/mol. The van der Waals surface area contributed by atoms with Crippen molar-refractivity contribution in [1.29, 1.82) is 0 Å². The molecule has 76 valence electrons. The van der Waals surface area contributed by atoms with Gasteiger partial charge in [0.25, 0.3) is 0 Å². The first kappa shape index (κ1) is 10.1. The first-order valence-corrected chi connectivity index (χ1v) is 4.72. The van der Waals surface area contributed by atoms with Crippen molar-refractivity contribution in [3.8, 4) is 11.4 Å². The van der Waals surface area contributed by atoms with Crippen LogP contribution in [-0.4, -0.2) is 15.4 Å². The molecule has 0 spiro atoms. The van der Waals surface area contributed by atoms with Crippen molar-refractivity contribution >= 4 is 28.4 Å². The molecule has 0 aliphatic carbocycles. The predicted octanol–water partition coefficient (Wildman–Crippen LogP) is 2.77. The van der Waals surface area contributed by atoms with Gasteiger partial charge in [-0.25, -0.2) is 0 Å². The number of carbonyl (C=O) groups excluding carboxylic acids is 1. The van der Waals surface area contributed by atoms with Gasteiger partial charge in [0.15, 0.2) is 0 Å². The van der Waals surface area contributed by atoms with Crippen LogP contribution in [0.3, 0.4) is 0 Å². The Morgan fingerprint density at radius 1 is 1.27 bits per heavy atom. The molecule has 0 fully saturated rings. The van der Waals surface area contributed by atoms with Gasteiger partial charge in [0.05, 0.1) is 0 Å². The van der Waals surface area contributed by atoms with Crippen LogP contribution in [0.4, 0.5) is 0 Å². The summed E-state index contributed by atoms with van der Waals surface area (Å²) in [4.78, 5) is 14.5. The third-order valence-corrected chi connectivity index (χ3v) is 2.11. The molecule has 0 N–H and O–H groups in total. The first-order valence-electron chi connectivity index (χ1n) is 3.96. The molecule has 0 saturated heterocycles. The number of rotatable bonds is 2. The number of carbonyl (C=O) groups is 1. The topological polar surface area (TPSA) is 56.0 Å². The van der Waals surface area contributed by atoms with E-state index in [1.807, 2.05) is 0 Å². The minimum Gasteiger partial charge on any atom is -0.329 e. The molecule has 2 rings (SSSR count). The Bertz CT molecular complexity index is 493. The quantitative estimate of drug-likeness (QED) is 0.761. The lowest BCUT2D eigenvalue weighted by Gasteiger charge is -1.92. The van der Waals surface area contributed by atoms with Crippen LogP contribution in [0.2, 0.25) is 5.02 Å². The van der Waals surface area contributed by atoms with E-state index in [1.54, 1.807) is 24.3 Å². The molecule has 0 atom stereocenters. The summed E-state index contributed by atoms with van der Waals surface area (Å²) in [6, 6.07) is 6.82. The summed E-state index contributed by atoms with van der Waals surface area (Å²) < 4.78 is 4.64. The Morgan fingerprint density at radius 2 is 1.93 bits per heavy atom. The SMILES string of the molecule is O=C(Cl)c1nc(-c2ccc(Cl)cc2)no1. The average Bonchev–Trinajstić information content (AvgIpc) is 2.68. The van der Waals surface area contributed by atoms with Gasteiger partial charge in [-0.1, -0.05) is 16.8 Å². The van der Waals surface area contributed by atoms with Gasteiger partial charge in [-0.15, -0.1) is 0 Å². The Balaban J connectivity index is 2.37. The second kappa shape index (κ2) is 4.00. The van der Waals surface area contributed by atoms with Crippen LogP contribution in [0.5, 0.6) is 0 Å². The average molecular weight is 243 g/mol. The summed E-state index contributed by atoms with van der Waals surface area (Å²) in [6.45, 7) is 0. The van der Waals surface area contributed by atoms with E-state index in [2.05, 4.69) is 14.7 Å². The zero-order valence-corrected chi connectivity index (χ0v) is 8.79. The minimum absolute atomic E-state index is 0.221. The van der Waals surface area contributed by atoms with E-state index in [-0.39, 0.29) is 5.89 Å². The zero-order valence-electron chi connectivity index (χ0n) is 7.28. The van der Waals surface area contributed by atoms with E-state index in [1.165, 1.54) is 0 Å². The highest BCUT2D eigenvalue weighted by Crippen LogP contribution is 2.18. The van der Waals surface area contributed by atoms with Crippen molar-refractivity contribution < 1.29 is 9.32 Å².